The number of aliphatic hydroxyl groups excluding tert-OH is 1. The second kappa shape index (κ2) is 5.43. The molecule has 20 heavy (non-hydrogen) atoms. The van der Waals surface area contributed by atoms with E-state index in [0.717, 1.165) is 6.07 Å². The van der Waals surface area contributed by atoms with Gasteiger partial charge in [0.25, 0.3) is 10.0 Å². The van der Waals surface area contributed by atoms with E-state index in [0.29, 0.717) is 5.69 Å². The summed E-state index contributed by atoms with van der Waals surface area (Å²) in [6.07, 6.45) is 1.36. The molecular formula is C12H12ClFN2O3S. The molecule has 0 atom stereocenters. The fraction of sp³-hybridized carbons (Fsp3) is 0.167. The Labute approximate surface area is 120 Å². The van der Waals surface area contributed by atoms with Gasteiger partial charge in [-0.25, -0.2) is 12.8 Å². The van der Waals surface area contributed by atoms with E-state index in [4.69, 9.17) is 16.7 Å². The van der Waals surface area contributed by atoms with E-state index >= 15 is 0 Å². The quantitative estimate of drug-likeness (QED) is 0.907. The van der Waals surface area contributed by atoms with Gasteiger partial charge in [0, 0.05) is 18.9 Å². The minimum atomic E-state index is -3.85. The number of aromatic nitrogens is 1. The predicted molar refractivity (Wildman–Crippen MR) is 73.6 cm³/mol. The van der Waals surface area contributed by atoms with Crippen molar-refractivity contribution < 1.29 is 17.9 Å². The summed E-state index contributed by atoms with van der Waals surface area (Å²) >= 11 is 5.53. The molecule has 1 aromatic heterocycles. The van der Waals surface area contributed by atoms with Gasteiger partial charge in [-0.05, 0) is 24.3 Å². The Kier molecular flexibility index (Phi) is 4.03. The van der Waals surface area contributed by atoms with Gasteiger partial charge in [-0.2, -0.15) is 0 Å². The first-order valence-corrected chi connectivity index (χ1v) is 7.43. The van der Waals surface area contributed by atoms with Gasteiger partial charge in [-0.15, -0.1) is 0 Å². The number of rotatable bonds is 4. The predicted octanol–water partition coefficient (Wildman–Crippen LogP) is 2.11. The Morgan fingerprint density at radius 1 is 1.40 bits per heavy atom. The number of nitrogens with zero attached hydrogens (tertiary/aromatic N) is 1. The highest BCUT2D eigenvalue weighted by molar-refractivity contribution is 7.92. The SMILES string of the molecule is Cn1cc(S(=O)(=O)Nc2ccc(Cl)c(F)c2)cc1CO. The van der Waals surface area contributed by atoms with Gasteiger partial charge < -0.3 is 9.67 Å². The molecule has 0 saturated carbocycles. The van der Waals surface area contributed by atoms with Crippen LogP contribution in [-0.4, -0.2) is 18.1 Å². The topological polar surface area (TPSA) is 71.3 Å². The number of hydrogen-bond donors (Lipinski definition) is 2. The number of aliphatic hydroxyl groups is 1. The highest BCUT2D eigenvalue weighted by Gasteiger charge is 2.18. The number of benzene rings is 1. The van der Waals surface area contributed by atoms with Gasteiger partial charge in [0.1, 0.15) is 10.7 Å². The minimum Gasteiger partial charge on any atom is -0.390 e. The van der Waals surface area contributed by atoms with Crippen LogP contribution in [0.2, 0.25) is 5.02 Å². The molecule has 2 rings (SSSR count). The van der Waals surface area contributed by atoms with E-state index in [1.165, 1.54) is 29.0 Å². The van der Waals surface area contributed by atoms with Gasteiger partial charge in [0.05, 0.1) is 17.3 Å². The summed E-state index contributed by atoms with van der Waals surface area (Å²) in [4.78, 5) is -0.0144. The number of hydrogen-bond acceptors (Lipinski definition) is 3. The molecule has 0 spiro atoms. The molecule has 0 radical (unpaired) electrons. The van der Waals surface area contributed by atoms with Crippen LogP contribution in [0.25, 0.3) is 0 Å². The lowest BCUT2D eigenvalue weighted by atomic mass is 10.3. The lowest BCUT2D eigenvalue weighted by molar-refractivity contribution is 0.272. The first-order chi connectivity index (χ1) is 9.33. The van der Waals surface area contributed by atoms with E-state index in [9.17, 15) is 12.8 Å². The molecule has 2 N–H and O–H groups in total. The first-order valence-electron chi connectivity index (χ1n) is 5.57. The second-order valence-corrected chi connectivity index (χ2v) is 6.26. The van der Waals surface area contributed by atoms with Gasteiger partial charge in [0.15, 0.2) is 0 Å². The smallest absolute Gasteiger partial charge is 0.263 e. The van der Waals surface area contributed by atoms with Crippen molar-refractivity contribution in [3.63, 3.8) is 0 Å². The molecule has 1 heterocycles. The van der Waals surface area contributed by atoms with Gasteiger partial charge in [-0.1, -0.05) is 11.6 Å². The summed E-state index contributed by atoms with van der Waals surface area (Å²) < 4.78 is 41.3. The second-order valence-electron chi connectivity index (χ2n) is 4.17. The van der Waals surface area contributed by atoms with Crippen LogP contribution >= 0.6 is 11.6 Å². The summed E-state index contributed by atoms with van der Waals surface area (Å²) in [6.45, 7) is -0.276. The van der Waals surface area contributed by atoms with Crippen LogP contribution < -0.4 is 4.72 Å². The number of anilines is 1. The Morgan fingerprint density at radius 2 is 2.10 bits per heavy atom. The standard InChI is InChI=1S/C12H12ClFN2O3S/c1-16-6-10(5-9(16)7-17)20(18,19)15-8-2-3-11(13)12(14)4-8/h2-6,15,17H,7H2,1H3. The van der Waals surface area contributed by atoms with E-state index < -0.39 is 15.8 Å². The van der Waals surface area contributed by atoms with E-state index in [1.54, 1.807) is 7.05 Å². The molecule has 0 aliphatic rings. The number of halogens is 2. The number of nitrogens with one attached hydrogen (secondary N) is 1. The Bertz CT molecular complexity index is 743. The van der Waals surface area contributed by atoms with E-state index in [1.807, 2.05) is 0 Å². The largest absolute Gasteiger partial charge is 0.390 e. The van der Waals surface area contributed by atoms with Crippen molar-refractivity contribution in [2.45, 2.75) is 11.5 Å². The molecule has 0 saturated heterocycles. The van der Waals surface area contributed by atoms with Gasteiger partial charge >= 0.3 is 0 Å². The maximum atomic E-state index is 13.3. The van der Waals surface area contributed by atoms with Gasteiger partial charge in [0.2, 0.25) is 0 Å². The molecule has 0 fully saturated rings. The maximum absolute atomic E-state index is 13.3. The number of aryl methyl sites for hydroxylation is 1. The van der Waals surface area contributed by atoms with Crippen LogP contribution in [0, 0.1) is 5.82 Å². The molecule has 1 aromatic carbocycles. The first kappa shape index (κ1) is 14.8. The van der Waals surface area contributed by atoms with Crippen LogP contribution in [-0.2, 0) is 23.7 Å². The van der Waals surface area contributed by atoms with Crippen LogP contribution in [0.15, 0.2) is 35.4 Å². The molecule has 0 unspecified atom stereocenters. The molecule has 108 valence electrons. The van der Waals surface area contributed by atoms with Crippen LogP contribution in [0.5, 0.6) is 0 Å². The molecule has 2 aromatic rings. The fourth-order valence-electron chi connectivity index (χ4n) is 1.65. The Balaban J connectivity index is 2.32. The third-order valence-corrected chi connectivity index (χ3v) is 4.38. The van der Waals surface area contributed by atoms with Crippen molar-refractivity contribution in [3.05, 3.63) is 47.0 Å². The van der Waals surface area contributed by atoms with Crippen molar-refractivity contribution in [1.29, 1.82) is 0 Å². The van der Waals surface area contributed by atoms with Gasteiger partial charge in [-0.3, -0.25) is 4.72 Å². The van der Waals surface area contributed by atoms with E-state index in [-0.39, 0.29) is 22.2 Å². The normalized spacial score (nSPS) is 11.6. The Hall–Kier alpha value is -1.57. The van der Waals surface area contributed by atoms with Crippen LogP contribution in [0.1, 0.15) is 5.69 Å². The third kappa shape index (κ3) is 2.95. The molecule has 0 bridgehead atoms. The summed E-state index contributed by atoms with van der Waals surface area (Å²) in [7, 11) is -2.23. The summed E-state index contributed by atoms with van der Waals surface area (Å²) in [5, 5.41) is 8.97. The van der Waals surface area contributed by atoms with Crippen molar-refractivity contribution in [3.8, 4) is 0 Å². The van der Waals surface area contributed by atoms with Crippen LogP contribution in [0.4, 0.5) is 10.1 Å². The van der Waals surface area contributed by atoms with Crippen molar-refractivity contribution in [2.75, 3.05) is 4.72 Å². The highest BCUT2D eigenvalue weighted by Crippen LogP contribution is 2.22. The molecule has 8 heteroatoms. The lowest BCUT2D eigenvalue weighted by Gasteiger charge is -2.06. The van der Waals surface area contributed by atoms with Crippen LogP contribution in [0.3, 0.4) is 0 Å². The summed E-state index contributed by atoms with van der Waals surface area (Å²) in [5.74, 6) is -0.712. The molecule has 5 nitrogen and oxygen atoms in total. The fourth-order valence-corrected chi connectivity index (χ4v) is 2.92. The monoisotopic (exact) mass is 318 g/mol. The van der Waals surface area contributed by atoms with E-state index in [2.05, 4.69) is 4.72 Å². The van der Waals surface area contributed by atoms with Crippen molar-refractivity contribution >= 4 is 27.3 Å². The zero-order chi connectivity index (χ0) is 14.9. The van der Waals surface area contributed by atoms with Crippen molar-refractivity contribution in [2.24, 2.45) is 7.05 Å². The average Bonchev–Trinajstić information content (AvgIpc) is 2.76. The van der Waals surface area contributed by atoms with Crippen molar-refractivity contribution in [1.82, 2.24) is 4.57 Å². The molecule has 0 aliphatic heterocycles. The zero-order valence-corrected chi connectivity index (χ0v) is 12.0. The maximum Gasteiger partial charge on any atom is 0.263 e. The zero-order valence-electron chi connectivity index (χ0n) is 10.5. The average molecular weight is 319 g/mol. The lowest BCUT2D eigenvalue weighted by Crippen LogP contribution is -2.12. The third-order valence-electron chi connectivity index (χ3n) is 2.73. The Morgan fingerprint density at radius 3 is 2.65 bits per heavy atom. The summed E-state index contributed by atoms with van der Waals surface area (Å²) in [5.41, 5.74) is 0.522. The molecule has 0 aliphatic carbocycles. The number of sulfonamides is 1. The highest BCUT2D eigenvalue weighted by atomic mass is 35.5. The minimum absolute atomic E-state index is 0.0144. The molecular weight excluding hydrogens is 307 g/mol. The summed E-state index contributed by atoms with van der Waals surface area (Å²) in [6, 6.07) is 4.96. The molecule has 0 amide bonds.